The van der Waals surface area contributed by atoms with Crippen molar-refractivity contribution in [2.24, 2.45) is 0 Å². The molecule has 0 aliphatic heterocycles. The molecule has 0 radical (unpaired) electrons. The fourth-order valence-electron chi connectivity index (χ4n) is 0. The molecule has 6 heteroatoms. The molecule has 0 aliphatic rings. The Morgan fingerprint density at radius 2 is 1.50 bits per heavy atom. The Labute approximate surface area is 83.2 Å². The third-order valence-electron chi connectivity index (χ3n) is 0.354. The summed E-state index contributed by atoms with van der Waals surface area (Å²) in [5, 5.41) is 0. The van der Waals surface area contributed by atoms with Gasteiger partial charge in [-0.3, -0.25) is 0 Å². The van der Waals surface area contributed by atoms with Gasteiger partial charge in [-0.1, -0.05) is 13.3 Å². The summed E-state index contributed by atoms with van der Waals surface area (Å²) in [5.74, 6) is 0. The minimum Gasteiger partial charge on any atom is -0.343 e. The summed E-state index contributed by atoms with van der Waals surface area (Å²) in [6.07, 6.45) is 2.28. The summed E-state index contributed by atoms with van der Waals surface area (Å²) in [6.45, 7) is 5.72. The summed E-state index contributed by atoms with van der Waals surface area (Å²) >= 11 is 0. The minimum atomic E-state index is -4.64. The fourth-order valence-corrected chi connectivity index (χ4v) is 0. The summed E-state index contributed by atoms with van der Waals surface area (Å²) in [5.41, 5.74) is 0. The van der Waals surface area contributed by atoms with Crippen molar-refractivity contribution in [2.75, 3.05) is 0 Å². The first kappa shape index (κ1) is 17.3. The van der Waals surface area contributed by atoms with Gasteiger partial charge in [-0.05, 0) is 0 Å². The van der Waals surface area contributed by atoms with Gasteiger partial charge in [0, 0.05) is 0 Å². The van der Waals surface area contributed by atoms with Crippen molar-refractivity contribution < 1.29 is 48.8 Å². The van der Waals surface area contributed by atoms with Gasteiger partial charge in [0.1, 0.15) is 0 Å². The van der Waals surface area contributed by atoms with Crippen molar-refractivity contribution in [3.63, 3.8) is 0 Å². The molecule has 0 bridgehead atoms. The average Bonchev–Trinajstić information content (AvgIpc) is 1.61. The van der Waals surface area contributed by atoms with Crippen LogP contribution in [0.5, 0.6) is 0 Å². The van der Waals surface area contributed by atoms with Gasteiger partial charge < -0.3 is 21.6 Å². The molecular formula is C4H12NaO4P. The first-order valence-corrected chi connectivity index (χ1v) is 4.05. The van der Waals surface area contributed by atoms with Crippen molar-refractivity contribution in [3.05, 3.63) is 6.92 Å². The molecule has 0 atom stereocenters. The van der Waals surface area contributed by atoms with Gasteiger partial charge in [-0.25, -0.2) is 4.57 Å². The molecule has 0 saturated heterocycles. The third-order valence-corrected chi connectivity index (χ3v) is 0.354. The molecule has 0 spiro atoms. The van der Waals surface area contributed by atoms with Crippen LogP contribution in [-0.2, 0) is 4.57 Å². The van der Waals surface area contributed by atoms with E-state index in [1.54, 1.807) is 0 Å². The number of hydrogen-bond acceptors (Lipinski definition) is 1. The third kappa shape index (κ3) is 135. The van der Waals surface area contributed by atoms with E-state index in [2.05, 4.69) is 13.8 Å². The smallest absolute Gasteiger partial charge is 0.343 e. The number of hydrogen-bond donors (Lipinski definition) is 3. The average molecular weight is 178 g/mol. The summed E-state index contributed by atoms with van der Waals surface area (Å²) < 4.78 is 8.88. The molecule has 0 saturated carbocycles. The van der Waals surface area contributed by atoms with E-state index in [0.29, 0.717) is 0 Å². The number of unbranched alkanes of at least 4 members (excludes halogenated alkanes) is 1. The molecule has 0 heterocycles. The standard InChI is InChI=1S/C4H9.Na.H3O4P/c1-3-4-2;;1-5(2,3)4/h1,3-4H2,2H3;;(H3,1,2,3,4)/q-1;+1;. The maximum atomic E-state index is 8.88. The summed E-state index contributed by atoms with van der Waals surface area (Å²) in [6, 6.07) is 0. The minimum absolute atomic E-state index is 0. The van der Waals surface area contributed by atoms with Crippen molar-refractivity contribution in [1.29, 1.82) is 0 Å². The van der Waals surface area contributed by atoms with Gasteiger partial charge in [0.05, 0.1) is 0 Å². The molecule has 10 heavy (non-hydrogen) atoms. The van der Waals surface area contributed by atoms with Crippen LogP contribution in [0.4, 0.5) is 0 Å². The van der Waals surface area contributed by atoms with Gasteiger partial charge in [-0.2, -0.15) is 6.42 Å². The van der Waals surface area contributed by atoms with E-state index in [9.17, 15) is 0 Å². The molecular weight excluding hydrogens is 166 g/mol. The molecule has 58 valence electrons. The summed E-state index contributed by atoms with van der Waals surface area (Å²) in [7, 11) is -4.64. The van der Waals surface area contributed by atoms with Crippen LogP contribution in [0, 0.1) is 6.92 Å². The zero-order valence-electron chi connectivity index (χ0n) is 6.32. The Kier molecular flexibility index (Phi) is 17.5. The zero-order chi connectivity index (χ0) is 7.91. The zero-order valence-corrected chi connectivity index (χ0v) is 9.21. The second-order valence-electron chi connectivity index (χ2n) is 1.37. The molecule has 0 rings (SSSR count). The first-order valence-electron chi connectivity index (χ1n) is 2.49. The second kappa shape index (κ2) is 10.1. The predicted molar refractivity (Wildman–Crippen MR) is 34.5 cm³/mol. The first-order chi connectivity index (χ1) is 3.91. The van der Waals surface area contributed by atoms with Gasteiger partial charge in [0.15, 0.2) is 0 Å². The molecule has 0 unspecified atom stereocenters. The van der Waals surface area contributed by atoms with E-state index in [-0.39, 0.29) is 29.6 Å². The predicted octanol–water partition coefficient (Wildman–Crippen LogP) is -2.30. The van der Waals surface area contributed by atoms with Crippen molar-refractivity contribution in [3.8, 4) is 0 Å². The van der Waals surface area contributed by atoms with Gasteiger partial charge in [0.25, 0.3) is 0 Å². The fraction of sp³-hybridized carbons (Fsp3) is 0.750. The second-order valence-corrected chi connectivity index (χ2v) is 2.39. The van der Waals surface area contributed by atoms with Gasteiger partial charge in [-0.15, -0.1) is 0 Å². The molecule has 0 aliphatic carbocycles. The largest absolute Gasteiger partial charge is 1.00 e. The van der Waals surface area contributed by atoms with E-state index in [0.717, 1.165) is 6.42 Å². The quantitative estimate of drug-likeness (QED) is 0.239. The van der Waals surface area contributed by atoms with Crippen LogP contribution in [-0.4, -0.2) is 14.7 Å². The van der Waals surface area contributed by atoms with Crippen LogP contribution in [0.25, 0.3) is 0 Å². The molecule has 0 aromatic rings. The van der Waals surface area contributed by atoms with Crippen molar-refractivity contribution in [2.45, 2.75) is 19.8 Å². The van der Waals surface area contributed by atoms with Gasteiger partial charge >= 0.3 is 37.4 Å². The normalized spacial score (nSPS) is 8.90. The van der Waals surface area contributed by atoms with Crippen molar-refractivity contribution >= 4 is 7.82 Å². The SMILES string of the molecule is O=P(O)(O)O.[CH2-]CCC.[Na+]. The van der Waals surface area contributed by atoms with E-state index >= 15 is 0 Å². The number of phosphoric acid groups is 1. The Morgan fingerprint density at radius 1 is 1.40 bits per heavy atom. The van der Waals surface area contributed by atoms with E-state index in [1.807, 2.05) is 0 Å². The monoisotopic (exact) mass is 178 g/mol. The number of rotatable bonds is 1. The molecule has 4 nitrogen and oxygen atoms in total. The molecule has 0 aromatic carbocycles. The Balaban J connectivity index is -0.0000000910. The van der Waals surface area contributed by atoms with Crippen LogP contribution in [0.15, 0.2) is 0 Å². The molecule has 3 N–H and O–H groups in total. The van der Waals surface area contributed by atoms with Crippen molar-refractivity contribution in [1.82, 2.24) is 0 Å². The maximum Gasteiger partial charge on any atom is 1.00 e. The maximum absolute atomic E-state index is 8.88. The Morgan fingerprint density at radius 3 is 1.50 bits per heavy atom. The van der Waals surface area contributed by atoms with Crippen LogP contribution >= 0.6 is 7.82 Å². The summed E-state index contributed by atoms with van der Waals surface area (Å²) in [4.78, 5) is 21.6. The Hall–Kier alpha value is 1.11. The Bertz CT molecular complexity index is 81.0. The van der Waals surface area contributed by atoms with Crippen LogP contribution in [0.2, 0.25) is 0 Å². The van der Waals surface area contributed by atoms with Gasteiger partial charge in [0.2, 0.25) is 0 Å². The molecule has 0 amide bonds. The van der Waals surface area contributed by atoms with E-state index in [4.69, 9.17) is 19.2 Å². The molecule has 0 fully saturated rings. The van der Waals surface area contributed by atoms with Crippen LogP contribution < -0.4 is 29.6 Å². The topological polar surface area (TPSA) is 77.8 Å². The van der Waals surface area contributed by atoms with Crippen LogP contribution in [0.3, 0.4) is 0 Å². The van der Waals surface area contributed by atoms with E-state index < -0.39 is 7.82 Å². The van der Waals surface area contributed by atoms with E-state index in [1.165, 1.54) is 6.42 Å². The molecule has 0 aromatic heterocycles. The van der Waals surface area contributed by atoms with Crippen LogP contribution in [0.1, 0.15) is 19.8 Å².